The summed E-state index contributed by atoms with van der Waals surface area (Å²) >= 11 is 7.30. The number of hydrogen-bond acceptors (Lipinski definition) is 5. The van der Waals surface area contributed by atoms with Crippen molar-refractivity contribution in [1.82, 2.24) is 4.98 Å². The van der Waals surface area contributed by atoms with E-state index < -0.39 is 0 Å². The molecular weight excluding hydrogens is 396 g/mol. The highest BCUT2D eigenvalue weighted by Crippen LogP contribution is 2.37. The van der Waals surface area contributed by atoms with Crippen molar-refractivity contribution in [3.05, 3.63) is 69.1 Å². The fourth-order valence-corrected chi connectivity index (χ4v) is 4.08. The van der Waals surface area contributed by atoms with E-state index in [0.717, 1.165) is 29.1 Å². The smallest absolute Gasteiger partial charge is 0.277 e. The Balaban J connectivity index is 1.50. The minimum Gasteiger partial charge on any atom is -0.495 e. The molecule has 1 aromatic heterocycles. The Kier molecular flexibility index (Phi) is 5.50. The van der Waals surface area contributed by atoms with Crippen molar-refractivity contribution in [2.45, 2.75) is 19.4 Å². The van der Waals surface area contributed by atoms with Gasteiger partial charge in [-0.05, 0) is 48.7 Å². The lowest BCUT2D eigenvalue weighted by molar-refractivity contribution is 0.0980. The second-order valence-corrected chi connectivity index (χ2v) is 7.78. The molecule has 1 aliphatic rings. The fraction of sp³-hybridized carbons (Fsp3) is 0.238. The van der Waals surface area contributed by atoms with Crippen LogP contribution in [0, 0.1) is 0 Å². The molecule has 2 heterocycles. The molecule has 144 valence electrons. The van der Waals surface area contributed by atoms with Crippen LogP contribution >= 0.6 is 22.9 Å². The van der Waals surface area contributed by atoms with Crippen molar-refractivity contribution in [1.29, 1.82) is 0 Å². The summed E-state index contributed by atoms with van der Waals surface area (Å²) in [6.45, 7) is 0.958. The van der Waals surface area contributed by atoms with Crippen LogP contribution in [0.4, 0.5) is 5.69 Å². The SMILES string of the molecule is COc1cccc2c1N(C(=O)c1csc(COc3ccc(Cl)cc3)n1)CCC2. The highest BCUT2D eigenvalue weighted by Gasteiger charge is 2.28. The molecule has 0 atom stereocenters. The molecule has 4 rings (SSSR count). The van der Waals surface area contributed by atoms with Gasteiger partial charge in [0.25, 0.3) is 5.91 Å². The number of nitrogens with zero attached hydrogens (tertiary/aromatic N) is 2. The molecule has 28 heavy (non-hydrogen) atoms. The van der Waals surface area contributed by atoms with E-state index in [-0.39, 0.29) is 5.91 Å². The molecule has 0 aliphatic carbocycles. The quantitative estimate of drug-likeness (QED) is 0.591. The van der Waals surface area contributed by atoms with E-state index in [2.05, 4.69) is 4.98 Å². The Hall–Kier alpha value is -2.57. The molecule has 0 saturated heterocycles. The molecule has 7 heteroatoms. The topological polar surface area (TPSA) is 51.7 Å². The lowest BCUT2D eigenvalue weighted by atomic mass is 10.0. The van der Waals surface area contributed by atoms with Gasteiger partial charge in [0.1, 0.15) is 28.8 Å². The van der Waals surface area contributed by atoms with Crippen LogP contribution in [0.15, 0.2) is 47.8 Å². The zero-order chi connectivity index (χ0) is 19.5. The number of benzene rings is 2. The molecule has 0 fully saturated rings. The summed E-state index contributed by atoms with van der Waals surface area (Å²) in [6.07, 6.45) is 1.86. The third-order valence-electron chi connectivity index (χ3n) is 4.59. The largest absolute Gasteiger partial charge is 0.495 e. The van der Waals surface area contributed by atoms with Crippen LogP contribution < -0.4 is 14.4 Å². The molecule has 5 nitrogen and oxygen atoms in total. The van der Waals surface area contributed by atoms with Crippen LogP contribution in [0.2, 0.25) is 5.02 Å². The van der Waals surface area contributed by atoms with E-state index in [0.29, 0.717) is 35.4 Å². The first-order valence-electron chi connectivity index (χ1n) is 8.96. The summed E-state index contributed by atoms with van der Waals surface area (Å²) in [5, 5.41) is 3.19. The summed E-state index contributed by atoms with van der Waals surface area (Å²) in [5.74, 6) is 1.31. The number of rotatable bonds is 5. The molecule has 0 bridgehead atoms. The predicted molar refractivity (Wildman–Crippen MR) is 111 cm³/mol. The highest BCUT2D eigenvalue weighted by molar-refractivity contribution is 7.09. The molecule has 0 saturated carbocycles. The van der Waals surface area contributed by atoms with E-state index in [4.69, 9.17) is 21.1 Å². The minimum absolute atomic E-state index is 0.112. The Bertz CT molecular complexity index is 973. The van der Waals surface area contributed by atoms with Gasteiger partial charge in [0.2, 0.25) is 0 Å². The van der Waals surface area contributed by atoms with E-state index >= 15 is 0 Å². The lowest BCUT2D eigenvalue weighted by Crippen LogP contribution is -2.36. The van der Waals surface area contributed by atoms with Crippen molar-refractivity contribution in [3.63, 3.8) is 0 Å². The number of para-hydroxylation sites is 1. The number of halogens is 1. The molecular formula is C21H19ClN2O3S. The molecule has 0 spiro atoms. The number of carbonyl (C=O) groups excluding carboxylic acids is 1. The number of carbonyl (C=O) groups is 1. The number of anilines is 1. The third kappa shape index (κ3) is 3.84. The Morgan fingerprint density at radius 2 is 2.07 bits per heavy atom. The summed E-state index contributed by atoms with van der Waals surface area (Å²) in [7, 11) is 1.63. The van der Waals surface area contributed by atoms with Crippen molar-refractivity contribution >= 4 is 34.5 Å². The summed E-state index contributed by atoms with van der Waals surface area (Å²) in [4.78, 5) is 19.4. The number of hydrogen-bond donors (Lipinski definition) is 0. The van der Waals surface area contributed by atoms with Crippen LogP contribution in [0.1, 0.15) is 27.5 Å². The second kappa shape index (κ2) is 8.20. The zero-order valence-corrected chi connectivity index (χ0v) is 16.9. The van der Waals surface area contributed by atoms with Crippen LogP contribution in [-0.2, 0) is 13.0 Å². The van der Waals surface area contributed by atoms with Crippen molar-refractivity contribution in [3.8, 4) is 11.5 Å². The monoisotopic (exact) mass is 414 g/mol. The van der Waals surface area contributed by atoms with Gasteiger partial charge in [-0.3, -0.25) is 4.79 Å². The maximum absolute atomic E-state index is 13.1. The van der Waals surface area contributed by atoms with Crippen LogP contribution in [-0.4, -0.2) is 24.5 Å². The molecule has 0 radical (unpaired) electrons. The van der Waals surface area contributed by atoms with Gasteiger partial charge in [-0.25, -0.2) is 4.98 Å². The predicted octanol–water partition coefficient (Wildman–Crippen LogP) is 4.98. The van der Waals surface area contributed by atoms with Gasteiger partial charge in [0, 0.05) is 16.9 Å². The van der Waals surface area contributed by atoms with E-state index in [9.17, 15) is 4.79 Å². The van der Waals surface area contributed by atoms with Gasteiger partial charge in [-0.1, -0.05) is 23.7 Å². The van der Waals surface area contributed by atoms with Crippen LogP contribution in [0.25, 0.3) is 0 Å². The fourth-order valence-electron chi connectivity index (χ4n) is 3.27. The summed E-state index contributed by atoms with van der Waals surface area (Å²) < 4.78 is 11.2. The maximum atomic E-state index is 13.1. The van der Waals surface area contributed by atoms with Gasteiger partial charge >= 0.3 is 0 Å². The molecule has 2 aromatic carbocycles. The van der Waals surface area contributed by atoms with Gasteiger partial charge in [0.05, 0.1) is 12.8 Å². The maximum Gasteiger partial charge on any atom is 0.277 e. The van der Waals surface area contributed by atoms with E-state index in [1.165, 1.54) is 11.3 Å². The zero-order valence-electron chi connectivity index (χ0n) is 15.4. The third-order valence-corrected chi connectivity index (χ3v) is 5.67. The van der Waals surface area contributed by atoms with Gasteiger partial charge in [-0.2, -0.15) is 0 Å². The number of ether oxygens (including phenoxy) is 2. The Labute approximate surface area is 172 Å². The molecule has 0 N–H and O–H groups in total. The molecule has 3 aromatic rings. The molecule has 1 amide bonds. The summed E-state index contributed by atoms with van der Waals surface area (Å²) in [6, 6.07) is 13.0. The first kappa shape index (κ1) is 18.8. The molecule has 0 unspecified atom stereocenters. The molecule has 1 aliphatic heterocycles. The highest BCUT2D eigenvalue weighted by atomic mass is 35.5. The summed E-state index contributed by atoms with van der Waals surface area (Å²) in [5.41, 5.74) is 2.41. The van der Waals surface area contributed by atoms with Crippen molar-refractivity contribution in [2.75, 3.05) is 18.6 Å². The average molecular weight is 415 g/mol. The average Bonchev–Trinajstić information content (AvgIpc) is 3.21. The Morgan fingerprint density at radius 3 is 2.86 bits per heavy atom. The number of aryl methyl sites for hydroxylation is 1. The van der Waals surface area contributed by atoms with Gasteiger partial charge < -0.3 is 14.4 Å². The van der Waals surface area contributed by atoms with E-state index in [1.807, 2.05) is 18.2 Å². The Morgan fingerprint density at radius 1 is 1.25 bits per heavy atom. The normalized spacial score (nSPS) is 13.1. The number of amides is 1. The first-order valence-corrected chi connectivity index (χ1v) is 10.2. The van der Waals surface area contributed by atoms with Gasteiger partial charge in [-0.15, -0.1) is 11.3 Å². The number of fused-ring (bicyclic) bond motifs is 1. The van der Waals surface area contributed by atoms with E-state index in [1.54, 1.807) is 41.7 Å². The number of methoxy groups -OCH3 is 1. The standard InChI is InChI=1S/C21H19ClN2O3S/c1-26-18-6-2-4-14-5-3-11-24(20(14)18)21(25)17-13-28-19(23-17)12-27-16-9-7-15(22)8-10-16/h2,4,6-10,13H,3,5,11-12H2,1H3. The number of thiazole rings is 1. The van der Waals surface area contributed by atoms with Crippen molar-refractivity contribution < 1.29 is 14.3 Å². The minimum atomic E-state index is -0.112. The van der Waals surface area contributed by atoms with Crippen LogP contribution in [0.3, 0.4) is 0 Å². The lowest BCUT2D eigenvalue weighted by Gasteiger charge is -2.30. The number of aromatic nitrogens is 1. The second-order valence-electron chi connectivity index (χ2n) is 6.40. The van der Waals surface area contributed by atoms with Crippen LogP contribution in [0.5, 0.6) is 11.5 Å². The first-order chi connectivity index (χ1) is 13.7. The van der Waals surface area contributed by atoms with Crippen molar-refractivity contribution in [2.24, 2.45) is 0 Å². The van der Waals surface area contributed by atoms with Gasteiger partial charge in [0.15, 0.2) is 0 Å².